The summed E-state index contributed by atoms with van der Waals surface area (Å²) < 4.78 is 26.2. The fraction of sp³-hybridized carbons (Fsp3) is 0.333. The van der Waals surface area contributed by atoms with E-state index in [-0.39, 0.29) is 11.9 Å². The lowest BCUT2D eigenvalue weighted by molar-refractivity contribution is -0.117. The van der Waals surface area contributed by atoms with Crippen LogP contribution in [0.25, 0.3) is 11.8 Å². The van der Waals surface area contributed by atoms with Gasteiger partial charge in [0.05, 0.1) is 18.1 Å². The molecule has 1 aromatic heterocycles. The van der Waals surface area contributed by atoms with Crippen molar-refractivity contribution in [1.29, 1.82) is 0 Å². The highest BCUT2D eigenvalue weighted by Gasteiger charge is 2.25. The van der Waals surface area contributed by atoms with E-state index in [9.17, 15) is 13.2 Å². The lowest BCUT2D eigenvalue weighted by Gasteiger charge is -2.30. The van der Waals surface area contributed by atoms with E-state index in [0.29, 0.717) is 25.9 Å². The minimum absolute atomic E-state index is 0.00260. The average molecular weight is 374 g/mol. The van der Waals surface area contributed by atoms with Gasteiger partial charge in [0.15, 0.2) is 0 Å². The summed E-state index contributed by atoms with van der Waals surface area (Å²) >= 11 is 0. The molecule has 1 fully saturated rings. The molecule has 0 atom stereocenters. The molecule has 0 radical (unpaired) electrons. The number of carbonyl (C=O) groups excluding carboxylic acids is 1. The Morgan fingerprint density at radius 2 is 1.92 bits per heavy atom. The van der Waals surface area contributed by atoms with Gasteiger partial charge in [0, 0.05) is 37.0 Å². The first-order valence-electron chi connectivity index (χ1n) is 8.45. The van der Waals surface area contributed by atoms with E-state index in [4.69, 9.17) is 0 Å². The van der Waals surface area contributed by atoms with Crippen molar-refractivity contribution in [3.8, 4) is 5.69 Å². The molecule has 138 valence electrons. The standard InChI is InChI=1S/C18H22N4O3S/c1-26(24,25)21-11-9-16(10-12-21)20-18(23)8-7-15-13-19-22(14-15)17-5-3-2-4-6-17/h2-8,13-14,16H,9-12H2,1H3,(H,20,23). The molecule has 1 aromatic carbocycles. The van der Waals surface area contributed by atoms with E-state index in [1.54, 1.807) is 17.0 Å². The lowest BCUT2D eigenvalue weighted by atomic mass is 10.1. The van der Waals surface area contributed by atoms with Crippen LogP contribution >= 0.6 is 0 Å². The molecule has 1 N–H and O–H groups in total. The maximum absolute atomic E-state index is 12.1. The first-order chi connectivity index (χ1) is 12.4. The van der Waals surface area contributed by atoms with Crippen LogP contribution in [0.15, 0.2) is 48.8 Å². The Kier molecular flexibility index (Phi) is 5.53. The highest BCUT2D eigenvalue weighted by Crippen LogP contribution is 2.13. The van der Waals surface area contributed by atoms with Crippen LogP contribution in [0.1, 0.15) is 18.4 Å². The van der Waals surface area contributed by atoms with Gasteiger partial charge >= 0.3 is 0 Å². The number of para-hydroxylation sites is 1. The molecular formula is C18H22N4O3S. The minimum atomic E-state index is -3.15. The van der Waals surface area contributed by atoms with Crippen LogP contribution in [-0.2, 0) is 14.8 Å². The molecule has 0 unspecified atom stereocenters. The zero-order valence-electron chi connectivity index (χ0n) is 14.6. The van der Waals surface area contributed by atoms with Crippen molar-refractivity contribution >= 4 is 22.0 Å². The topological polar surface area (TPSA) is 84.3 Å². The van der Waals surface area contributed by atoms with Crippen molar-refractivity contribution in [3.63, 3.8) is 0 Å². The summed E-state index contributed by atoms with van der Waals surface area (Å²) in [5.74, 6) is -0.185. The second-order valence-corrected chi connectivity index (χ2v) is 8.31. The Morgan fingerprint density at radius 1 is 1.23 bits per heavy atom. The molecule has 8 heteroatoms. The largest absolute Gasteiger partial charge is 0.350 e. The number of rotatable bonds is 5. The van der Waals surface area contributed by atoms with Crippen molar-refractivity contribution in [2.24, 2.45) is 0 Å². The van der Waals surface area contributed by atoms with Crippen LogP contribution in [-0.4, -0.2) is 53.8 Å². The Hall–Kier alpha value is -2.45. The van der Waals surface area contributed by atoms with Gasteiger partial charge in [0.1, 0.15) is 0 Å². The molecule has 0 saturated carbocycles. The molecule has 2 heterocycles. The summed E-state index contributed by atoms with van der Waals surface area (Å²) in [5, 5.41) is 7.21. The smallest absolute Gasteiger partial charge is 0.244 e. The van der Waals surface area contributed by atoms with Crippen molar-refractivity contribution in [3.05, 3.63) is 54.4 Å². The molecule has 2 aromatic rings. The van der Waals surface area contributed by atoms with Gasteiger partial charge in [-0.05, 0) is 31.1 Å². The van der Waals surface area contributed by atoms with Crippen LogP contribution in [0, 0.1) is 0 Å². The van der Waals surface area contributed by atoms with Gasteiger partial charge in [-0.15, -0.1) is 0 Å². The number of amides is 1. The van der Waals surface area contributed by atoms with Crippen LogP contribution in [0.3, 0.4) is 0 Å². The van der Waals surface area contributed by atoms with Gasteiger partial charge in [-0.1, -0.05) is 18.2 Å². The number of benzene rings is 1. The van der Waals surface area contributed by atoms with E-state index >= 15 is 0 Å². The van der Waals surface area contributed by atoms with Crippen molar-refractivity contribution < 1.29 is 13.2 Å². The molecule has 26 heavy (non-hydrogen) atoms. The molecule has 1 amide bonds. The number of nitrogens with zero attached hydrogens (tertiary/aromatic N) is 3. The van der Waals surface area contributed by atoms with E-state index in [0.717, 1.165) is 11.3 Å². The van der Waals surface area contributed by atoms with E-state index < -0.39 is 10.0 Å². The van der Waals surface area contributed by atoms with Gasteiger partial charge in [0.2, 0.25) is 15.9 Å². The molecule has 0 spiro atoms. The number of piperidine rings is 1. The number of hydrogen-bond acceptors (Lipinski definition) is 4. The van der Waals surface area contributed by atoms with Gasteiger partial charge in [-0.3, -0.25) is 4.79 Å². The molecule has 1 saturated heterocycles. The predicted octanol–water partition coefficient (Wildman–Crippen LogP) is 1.43. The maximum Gasteiger partial charge on any atom is 0.244 e. The summed E-state index contributed by atoms with van der Waals surface area (Å²) in [6.45, 7) is 0.884. The van der Waals surface area contributed by atoms with Crippen molar-refractivity contribution in [2.45, 2.75) is 18.9 Å². The monoisotopic (exact) mass is 374 g/mol. The summed E-state index contributed by atoms with van der Waals surface area (Å²) in [4.78, 5) is 12.1. The highest BCUT2D eigenvalue weighted by atomic mass is 32.2. The zero-order chi connectivity index (χ0) is 18.6. The molecule has 1 aliphatic rings. The van der Waals surface area contributed by atoms with E-state index in [1.165, 1.54) is 16.6 Å². The third-order valence-electron chi connectivity index (χ3n) is 4.32. The third-order valence-corrected chi connectivity index (χ3v) is 5.62. The second kappa shape index (κ2) is 7.84. The summed E-state index contributed by atoms with van der Waals surface area (Å²) in [6.07, 6.45) is 9.20. The summed E-state index contributed by atoms with van der Waals surface area (Å²) in [7, 11) is -3.15. The van der Waals surface area contributed by atoms with Gasteiger partial charge < -0.3 is 5.32 Å². The number of hydrogen-bond donors (Lipinski definition) is 1. The lowest BCUT2D eigenvalue weighted by Crippen LogP contribution is -2.45. The zero-order valence-corrected chi connectivity index (χ0v) is 15.4. The molecule has 0 aliphatic carbocycles. The normalized spacial score (nSPS) is 16.8. The van der Waals surface area contributed by atoms with Gasteiger partial charge in [-0.25, -0.2) is 17.4 Å². The van der Waals surface area contributed by atoms with Gasteiger partial charge in [0.25, 0.3) is 0 Å². The highest BCUT2D eigenvalue weighted by molar-refractivity contribution is 7.88. The third kappa shape index (κ3) is 4.80. The molecular weight excluding hydrogens is 352 g/mol. The van der Waals surface area contributed by atoms with E-state index in [2.05, 4.69) is 10.4 Å². The number of nitrogens with one attached hydrogen (secondary N) is 1. The predicted molar refractivity (Wildman–Crippen MR) is 100 cm³/mol. The fourth-order valence-corrected chi connectivity index (χ4v) is 3.77. The summed E-state index contributed by atoms with van der Waals surface area (Å²) in [5.41, 5.74) is 1.78. The minimum Gasteiger partial charge on any atom is -0.350 e. The van der Waals surface area contributed by atoms with Crippen LogP contribution in [0.5, 0.6) is 0 Å². The first-order valence-corrected chi connectivity index (χ1v) is 10.3. The Bertz CT molecular complexity index is 882. The summed E-state index contributed by atoms with van der Waals surface area (Å²) in [6, 6.07) is 9.73. The number of sulfonamides is 1. The fourth-order valence-electron chi connectivity index (χ4n) is 2.90. The maximum atomic E-state index is 12.1. The average Bonchev–Trinajstić information content (AvgIpc) is 3.09. The van der Waals surface area contributed by atoms with Gasteiger partial charge in [-0.2, -0.15) is 5.10 Å². The Labute approximate surface area is 153 Å². The van der Waals surface area contributed by atoms with Crippen molar-refractivity contribution in [2.75, 3.05) is 19.3 Å². The van der Waals surface area contributed by atoms with Crippen molar-refractivity contribution in [1.82, 2.24) is 19.4 Å². The molecule has 0 bridgehead atoms. The first kappa shape index (κ1) is 18.3. The van der Waals surface area contributed by atoms with E-state index in [1.807, 2.05) is 36.5 Å². The second-order valence-electron chi connectivity index (χ2n) is 6.33. The molecule has 1 aliphatic heterocycles. The van der Waals surface area contributed by atoms with Crippen LogP contribution in [0.2, 0.25) is 0 Å². The van der Waals surface area contributed by atoms with Crippen LogP contribution in [0.4, 0.5) is 0 Å². The SMILES string of the molecule is CS(=O)(=O)N1CCC(NC(=O)C=Cc2cnn(-c3ccccc3)c2)CC1. The molecule has 7 nitrogen and oxygen atoms in total. The van der Waals surface area contributed by atoms with Crippen LogP contribution < -0.4 is 5.32 Å². The quantitative estimate of drug-likeness (QED) is 0.803. The Balaban J connectivity index is 1.52. The Morgan fingerprint density at radius 3 is 2.58 bits per heavy atom. The number of carbonyl (C=O) groups is 1. The number of aromatic nitrogens is 2. The molecule has 3 rings (SSSR count).